The number of likely N-dealkylation sites (tertiary alicyclic amines) is 1. The number of aliphatic hydroxyl groups is 1. The molecule has 2 aromatic rings. The molecule has 1 unspecified atom stereocenters. The number of hydrogen-bond donors (Lipinski definition) is 1. The lowest BCUT2D eigenvalue weighted by Gasteiger charge is -2.22. The predicted molar refractivity (Wildman–Crippen MR) is 111 cm³/mol. The predicted octanol–water partition coefficient (Wildman–Crippen LogP) is 3.92. The van der Waals surface area contributed by atoms with Crippen LogP contribution in [0.4, 0.5) is 0 Å². The average molecular weight is 413 g/mol. The number of rotatable bonds is 10. The highest BCUT2D eigenvalue weighted by atomic mass is 16.5. The Kier molecular flexibility index (Phi) is 7.30. The summed E-state index contributed by atoms with van der Waals surface area (Å²) in [5.41, 5.74) is 0.430. The molecule has 30 heavy (non-hydrogen) atoms. The van der Waals surface area contributed by atoms with Gasteiger partial charge in [0.1, 0.15) is 23.3 Å². The van der Waals surface area contributed by atoms with Crippen LogP contribution >= 0.6 is 0 Å². The molecule has 1 aromatic heterocycles. The lowest BCUT2D eigenvalue weighted by atomic mass is 9.99. The Morgan fingerprint density at radius 1 is 1.13 bits per heavy atom. The molecule has 0 spiro atoms. The van der Waals surface area contributed by atoms with Crippen LogP contribution in [0.25, 0.3) is 5.76 Å². The molecule has 0 saturated carbocycles. The number of aliphatic hydroxyl groups excluding tert-OH is 1. The summed E-state index contributed by atoms with van der Waals surface area (Å²) in [7, 11) is 1.52. The largest absolute Gasteiger partial charge is 0.507 e. The third kappa shape index (κ3) is 4.57. The molecule has 1 atom stereocenters. The van der Waals surface area contributed by atoms with Crippen molar-refractivity contribution in [3.05, 3.63) is 59.6 Å². The van der Waals surface area contributed by atoms with E-state index in [2.05, 4.69) is 6.92 Å². The average Bonchev–Trinajstić information content (AvgIpc) is 3.37. The van der Waals surface area contributed by atoms with Gasteiger partial charge in [0.05, 0.1) is 25.1 Å². The molecule has 1 aliphatic heterocycles. The molecule has 1 amide bonds. The summed E-state index contributed by atoms with van der Waals surface area (Å²) in [4.78, 5) is 26.7. The van der Waals surface area contributed by atoms with Gasteiger partial charge in [0.25, 0.3) is 11.7 Å². The maximum absolute atomic E-state index is 12.8. The van der Waals surface area contributed by atoms with Crippen LogP contribution in [-0.4, -0.2) is 48.6 Å². The van der Waals surface area contributed by atoms with Crippen molar-refractivity contribution in [2.45, 2.75) is 32.2 Å². The number of furan rings is 1. The number of nitrogens with zero attached hydrogens (tertiary/aromatic N) is 1. The summed E-state index contributed by atoms with van der Waals surface area (Å²) in [6.07, 6.45) is 4.67. The molecule has 1 aromatic carbocycles. The summed E-state index contributed by atoms with van der Waals surface area (Å²) in [5.74, 6) is -0.587. The Hall–Kier alpha value is -3.06. The van der Waals surface area contributed by atoms with Crippen molar-refractivity contribution in [2.24, 2.45) is 0 Å². The van der Waals surface area contributed by atoms with Crippen molar-refractivity contribution in [3.63, 3.8) is 0 Å². The lowest BCUT2D eigenvalue weighted by Crippen LogP contribution is -2.32. The van der Waals surface area contributed by atoms with Crippen molar-refractivity contribution in [1.82, 2.24) is 4.90 Å². The summed E-state index contributed by atoms with van der Waals surface area (Å²) in [5, 5.41) is 10.9. The maximum atomic E-state index is 12.8. The number of methoxy groups -OCH3 is 1. The van der Waals surface area contributed by atoms with Gasteiger partial charge in [0, 0.05) is 19.2 Å². The van der Waals surface area contributed by atoms with E-state index in [1.54, 1.807) is 36.4 Å². The van der Waals surface area contributed by atoms with E-state index in [0.29, 0.717) is 23.7 Å². The molecule has 160 valence electrons. The van der Waals surface area contributed by atoms with Crippen LogP contribution < -0.4 is 4.74 Å². The van der Waals surface area contributed by atoms with Crippen molar-refractivity contribution >= 4 is 17.4 Å². The molecule has 0 aliphatic carbocycles. The van der Waals surface area contributed by atoms with E-state index in [0.717, 1.165) is 19.3 Å². The zero-order valence-electron chi connectivity index (χ0n) is 17.3. The van der Waals surface area contributed by atoms with Gasteiger partial charge >= 0.3 is 0 Å². The van der Waals surface area contributed by atoms with Gasteiger partial charge in [0.15, 0.2) is 0 Å². The highest BCUT2D eigenvalue weighted by Gasteiger charge is 2.47. The van der Waals surface area contributed by atoms with Crippen LogP contribution in [0.3, 0.4) is 0 Å². The molecular weight excluding hydrogens is 386 g/mol. The number of amides is 1. The van der Waals surface area contributed by atoms with Gasteiger partial charge in [-0.3, -0.25) is 9.59 Å². The second-order valence-corrected chi connectivity index (χ2v) is 7.08. The number of hydrogen-bond acceptors (Lipinski definition) is 6. The molecule has 0 radical (unpaired) electrons. The van der Waals surface area contributed by atoms with Crippen molar-refractivity contribution in [1.29, 1.82) is 0 Å². The van der Waals surface area contributed by atoms with E-state index in [9.17, 15) is 14.7 Å². The highest BCUT2D eigenvalue weighted by molar-refractivity contribution is 6.46. The number of benzene rings is 1. The first-order chi connectivity index (χ1) is 14.6. The first-order valence-electron chi connectivity index (χ1n) is 10.1. The number of unbranched alkanes of at least 4 members (excludes halogenated alkanes) is 2. The molecule has 1 saturated heterocycles. The minimum Gasteiger partial charge on any atom is -0.507 e. The van der Waals surface area contributed by atoms with E-state index < -0.39 is 17.7 Å². The van der Waals surface area contributed by atoms with Crippen LogP contribution in [0, 0.1) is 0 Å². The fourth-order valence-electron chi connectivity index (χ4n) is 3.45. The Labute approximate surface area is 175 Å². The maximum Gasteiger partial charge on any atom is 0.295 e. The topological polar surface area (TPSA) is 89.2 Å². The normalized spacial score (nSPS) is 18.2. The van der Waals surface area contributed by atoms with Gasteiger partial charge in [-0.2, -0.15) is 0 Å². The van der Waals surface area contributed by atoms with E-state index in [1.165, 1.54) is 18.3 Å². The fourth-order valence-corrected chi connectivity index (χ4v) is 3.45. The number of carbonyl (C=O) groups excluding carboxylic acids is 2. The lowest BCUT2D eigenvalue weighted by molar-refractivity contribution is -0.140. The molecule has 3 rings (SSSR count). The Bertz CT molecular complexity index is 885. The fraction of sp³-hybridized carbons (Fsp3) is 0.391. The quantitative estimate of drug-likeness (QED) is 0.275. The van der Waals surface area contributed by atoms with Crippen molar-refractivity contribution < 1.29 is 28.6 Å². The van der Waals surface area contributed by atoms with Gasteiger partial charge in [-0.05, 0) is 42.8 Å². The smallest absolute Gasteiger partial charge is 0.295 e. The van der Waals surface area contributed by atoms with Gasteiger partial charge in [-0.15, -0.1) is 0 Å². The first-order valence-corrected chi connectivity index (χ1v) is 10.1. The number of Topliss-reactive ketones (excluding diaryl/α,β-unsaturated/α-hetero) is 1. The third-order valence-corrected chi connectivity index (χ3v) is 5.03. The van der Waals surface area contributed by atoms with E-state index in [1.807, 2.05) is 0 Å². The van der Waals surface area contributed by atoms with E-state index in [-0.39, 0.29) is 24.5 Å². The molecule has 1 N–H and O–H groups in total. The summed E-state index contributed by atoms with van der Waals surface area (Å²) in [6, 6.07) is 9.37. The van der Waals surface area contributed by atoms with Gasteiger partial charge in [-0.25, -0.2) is 0 Å². The minimum atomic E-state index is -0.805. The van der Waals surface area contributed by atoms with Gasteiger partial charge in [0.2, 0.25) is 0 Å². The summed E-state index contributed by atoms with van der Waals surface area (Å²) < 4.78 is 16.2. The zero-order valence-corrected chi connectivity index (χ0v) is 17.3. The number of carbonyl (C=O) groups is 2. The third-order valence-electron chi connectivity index (χ3n) is 5.03. The second kappa shape index (κ2) is 10.1. The first kappa shape index (κ1) is 21.6. The van der Waals surface area contributed by atoms with E-state index in [4.69, 9.17) is 13.9 Å². The zero-order chi connectivity index (χ0) is 21.5. The standard InChI is InChI=1S/C23H27NO6/c1-3-4-5-13-29-17-10-8-16(9-11-17)21(25)19-20(18-7-6-14-30-18)24(12-15-28-2)23(27)22(19)26/h6-11,14,20,25H,3-5,12-13,15H2,1-2H3/b21-19-. The molecule has 1 aliphatic rings. The van der Waals surface area contributed by atoms with Crippen LogP contribution in [0.15, 0.2) is 52.7 Å². The molecule has 7 nitrogen and oxygen atoms in total. The minimum absolute atomic E-state index is 0.00247. The Morgan fingerprint density at radius 3 is 2.53 bits per heavy atom. The monoisotopic (exact) mass is 413 g/mol. The van der Waals surface area contributed by atoms with Crippen LogP contribution in [0.2, 0.25) is 0 Å². The van der Waals surface area contributed by atoms with Crippen LogP contribution in [0.5, 0.6) is 5.75 Å². The molecule has 1 fully saturated rings. The molecule has 0 bridgehead atoms. The number of ether oxygens (including phenoxy) is 2. The molecule has 7 heteroatoms. The SMILES string of the molecule is CCCCCOc1ccc(/C(O)=C2/C(=O)C(=O)N(CCOC)C2c2ccco2)cc1. The second-order valence-electron chi connectivity index (χ2n) is 7.08. The molecular formula is C23H27NO6. The Balaban J connectivity index is 1.89. The van der Waals surface area contributed by atoms with Gasteiger partial charge < -0.3 is 23.9 Å². The van der Waals surface area contributed by atoms with Crippen LogP contribution in [-0.2, 0) is 14.3 Å². The van der Waals surface area contributed by atoms with Crippen LogP contribution in [0.1, 0.15) is 43.6 Å². The van der Waals surface area contributed by atoms with Gasteiger partial charge in [-0.1, -0.05) is 19.8 Å². The summed E-state index contributed by atoms with van der Waals surface area (Å²) in [6.45, 7) is 3.22. The summed E-state index contributed by atoms with van der Waals surface area (Å²) >= 11 is 0. The van der Waals surface area contributed by atoms with Crippen molar-refractivity contribution in [2.75, 3.05) is 26.9 Å². The molecule has 2 heterocycles. The Morgan fingerprint density at radius 2 is 1.90 bits per heavy atom. The highest BCUT2D eigenvalue weighted by Crippen LogP contribution is 2.39. The number of ketones is 1. The van der Waals surface area contributed by atoms with E-state index >= 15 is 0 Å². The van der Waals surface area contributed by atoms with Crippen molar-refractivity contribution in [3.8, 4) is 5.75 Å².